The number of rotatable bonds is 8. The van der Waals surface area contributed by atoms with Crippen LogP contribution in [0.3, 0.4) is 0 Å². The normalized spacial score (nSPS) is 12.3. The fraction of sp³-hybridized carbons (Fsp3) is 0.357. The van der Waals surface area contributed by atoms with Gasteiger partial charge in [0.05, 0.1) is 6.54 Å². The third-order valence-corrected chi connectivity index (χ3v) is 6.51. The molecule has 0 saturated heterocycles. The van der Waals surface area contributed by atoms with Gasteiger partial charge in [-0.05, 0) is 29.8 Å². The summed E-state index contributed by atoms with van der Waals surface area (Å²) in [5.41, 5.74) is 0. The van der Waals surface area contributed by atoms with Crippen molar-refractivity contribution in [2.45, 2.75) is 17.7 Å². The lowest BCUT2D eigenvalue weighted by Gasteiger charge is -2.11. The zero-order valence-corrected chi connectivity index (χ0v) is 15.2. The molecule has 23 heavy (non-hydrogen) atoms. The summed E-state index contributed by atoms with van der Waals surface area (Å²) in [6.07, 6.45) is 0. The van der Waals surface area contributed by atoms with Crippen LogP contribution in [0.5, 0.6) is 0 Å². The molecule has 2 heterocycles. The maximum atomic E-state index is 12.0. The largest absolute Gasteiger partial charge is 0.357 e. The highest BCUT2D eigenvalue weighted by atomic mass is 32.2. The zero-order chi connectivity index (χ0) is 16.5. The van der Waals surface area contributed by atoms with Crippen LogP contribution in [-0.2, 0) is 16.6 Å². The molecule has 0 fully saturated rings. The van der Waals surface area contributed by atoms with E-state index in [9.17, 15) is 8.42 Å². The predicted octanol–water partition coefficient (Wildman–Crippen LogP) is 1.84. The average molecular weight is 373 g/mol. The van der Waals surface area contributed by atoms with Gasteiger partial charge in [-0.1, -0.05) is 12.1 Å². The second-order valence-electron chi connectivity index (χ2n) is 4.53. The van der Waals surface area contributed by atoms with E-state index in [0.29, 0.717) is 29.8 Å². The topological polar surface area (TPSA) is 82.6 Å². The quantitative estimate of drug-likeness (QED) is 0.375. The van der Waals surface area contributed by atoms with Gasteiger partial charge in [0.2, 0.25) is 10.0 Å². The Morgan fingerprint density at radius 3 is 2.57 bits per heavy atom. The first-order valence-corrected chi connectivity index (χ1v) is 10.4. The van der Waals surface area contributed by atoms with Crippen LogP contribution in [0.4, 0.5) is 0 Å². The van der Waals surface area contributed by atoms with E-state index in [4.69, 9.17) is 0 Å². The van der Waals surface area contributed by atoms with Gasteiger partial charge in [-0.2, -0.15) is 0 Å². The molecule has 0 aliphatic carbocycles. The lowest BCUT2D eigenvalue weighted by atomic mass is 10.5. The first kappa shape index (κ1) is 17.9. The van der Waals surface area contributed by atoms with Crippen LogP contribution in [0.25, 0.3) is 0 Å². The molecule has 2 aromatic rings. The van der Waals surface area contributed by atoms with Crippen molar-refractivity contribution in [3.8, 4) is 0 Å². The number of guanidine groups is 1. The van der Waals surface area contributed by atoms with Crippen LogP contribution in [0.1, 0.15) is 11.8 Å². The van der Waals surface area contributed by atoms with Gasteiger partial charge < -0.3 is 10.6 Å². The SMILES string of the molecule is CCNC(=NCc1cccs1)NCCNS(=O)(=O)c1cccs1. The van der Waals surface area contributed by atoms with E-state index in [2.05, 4.69) is 20.3 Å². The average Bonchev–Trinajstić information content (AvgIpc) is 3.22. The first-order chi connectivity index (χ1) is 11.1. The molecule has 9 heteroatoms. The molecule has 0 saturated carbocycles. The minimum Gasteiger partial charge on any atom is -0.357 e. The fourth-order valence-corrected chi connectivity index (χ4v) is 4.45. The maximum absolute atomic E-state index is 12.0. The van der Waals surface area contributed by atoms with Crippen LogP contribution < -0.4 is 15.4 Å². The number of nitrogens with one attached hydrogen (secondary N) is 3. The van der Waals surface area contributed by atoms with Gasteiger partial charge in [-0.25, -0.2) is 18.1 Å². The number of sulfonamides is 1. The zero-order valence-electron chi connectivity index (χ0n) is 12.8. The summed E-state index contributed by atoms with van der Waals surface area (Å²) in [5, 5.41) is 10.0. The minimum atomic E-state index is -3.41. The fourth-order valence-electron chi connectivity index (χ4n) is 1.76. The third-order valence-electron chi connectivity index (χ3n) is 2.79. The van der Waals surface area contributed by atoms with E-state index < -0.39 is 10.0 Å². The summed E-state index contributed by atoms with van der Waals surface area (Å²) < 4.78 is 26.8. The van der Waals surface area contributed by atoms with Crippen molar-refractivity contribution in [3.05, 3.63) is 39.9 Å². The molecular weight excluding hydrogens is 352 g/mol. The van der Waals surface area contributed by atoms with Gasteiger partial charge in [-0.3, -0.25) is 0 Å². The first-order valence-electron chi connectivity index (χ1n) is 7.19. The van der Waals surface area contributed by atoms with Crippen molar-refractivity contribution in [3.63, 3.8) is 0 Å². The van der Waals surface area contributed by atoms with Crippen molar-refractivity contribution in [1.82, 2.24) is 15.4 Å². The lowest BCUT2D eigenvalue weighted by molar-refractivity contribution is 0.582. The van der Waals surface area contributed by atoms with Crippen LogP contribution >= 0.6 is 22.7 Å². The van der Waals surface area contributed by atoms with E-state index in [1.54, 1.807) is 28.8 Å². The number of nitrogens with zero attached hydrogens (tertiary/aromatic N) is 1. The minimum absolute atomic E-state index is 0.295. The predicted molar refractivity (Wildman–Crippen MR) is 96.6 cm³/mol. The Labute approximate surface area is 144 Å². The Bertz CT molecular complexity index is 694. The number of aliphatic imine (C=N–C) groups is 1. The summed E-state index contributed by atoms with van der Waals surface area (Å²) in [4.78, 5) is 5.65. The Kier molecular flexibility index (Phi) is 7.03. The van der Waals surface area contributed by atoms with Crippen LogP contribution in [0, 0.1) is 0 Å². The van der Waals surface area contributed by atoms with E-state index >= 15 is 0 Å². The molecule has 2 rings (SSSR count). The Balaban J connectivity index is 1.79. The molecule has 3 N–H and O–H groups in total. The van der Waals surface area contributed by atoms with E-state index in [-0.39, 0.29) is 0 Å². The highest BCUT2D eigenvalue weighted by molar-refractivity contribution is 7.91. The molecule has 0 unspecified atom stereocenters. The number of hydrogen-bond acceptors (Lipinski definition) is 5. The summed E-state index contributed by atoms with van der Waals surface area (Å²) in [5.74, 6) is 0.677. The second kappa shape index (κ2) is 9.02. The molecule has 2 aromatic heterocycles. The number of thiophene rings is 2. The van der Waals surface area contributed by atoms with Crippen molar-refractivity contribution < 1.29 is 8.42 Å². The second-order valence-corrected chi connectivity index (χ2v) is 8.50. The molecule has 126 valence electrons. The summed E-state index contributed by atoms with van der Waals surface area (Å²) in [6.45, 7) is 4.09. The maximum Gasteiger partial charge on any atom is 0.250 e. The van der Waals surface area contributed by atoms with Gasteiger partial charge in [-0.15, -0.1) is 22.7 Å². The highest BCUT2D eigenvalue weighted by Crippen LogP contribution is 2.14. The summed E-state index contributed by atoms with van der Waals surface area (Å²) >= 11 is 2.86. The summed E-state index contributed by atoms with van der Waals surface area (Å²) in [6, 6.07) is 7.34. The van der Waals surface area contributed by atoms with E-state index in [1.807, 2.05) is 24.4 Å². The Morgan fingerprint density at radius 2 is 1.91 bits per heavy atom. The molecule has 0 aromatic carbocycles. The molecule has 0 aliphatic heterocycles. The molecule has 0 atom stereocenters. The molecule has 0 aliphatic rings. The van der Waals surface area contributed by atoms with Gasteiger partial charge in [0.15, 0.2) is 5.96 Å². The van der Waals surface area contributed by atoms with E-state index in [0.717, 1.165) is 6.54 Å². The Hall–Kier alpha value is -1.42. The molecular formula is C14H20N4O2S3. The van der Waals surface area contributed by atoms with Gasteiger partial charge >= 0.3 is 0 Å². The van der Waals surface area contributed by atoms with Crippen LogP contribution in [0.2, 0.25) is 0 Å². The highest BCUT2D eigenvalue weighted by Gasteiger charge is 2.13. The van der Waals surface area contributed by atoms with Crippen LogP contribution in [-0.4, -0.2) is 34.0 Å². The van der Waals surface area contributed by atoms with Crippen LogP contribution in [0.15, 0.2) is 44.2 Å². The molecule has 0 spiro atoms. The van der Waals surface area contributed by atoms with Crippen molar-refractivity contribution in [2.24, 2.45) is 4.99 Å². The lowest BCUT2D eigenvalue weighted by Crippen LogP contribution is -2.41. The standard InChI is InChI=1S/C14H20N4O2S3/c1-2-15-14(17-11-12-5-3-9-21-12)16-7-8-18-23(19,20)13-6-4-10-22-13/h3-6,9-10,18H,2,7-8,11H2,1H3,(H2,15,16,17). The molecule has 0 amide bonds. The number of hydrogen-bond donors (Lipinski definition) is 3. The molecule has 0 radical (unpaired) electrons. The smallest absolute Gasteiger partial charge is 0.250 e. The van der Waals surface area contributed by atoms with Crippen molar-refractivity contribution in [2.75, 3.05) is 19.6 Å². The van der Waals surface area contributed by atoms with Crippen molar-refractivity contribution in [1.29, 1.82) is 0 Å². The Morgan fingerprint density at radius 1 is 1.13 bits per heavy atom. The van der Waals surface area contributed by atoms with Crippen molar-refractivity contribution >= 4 is 38.7 Å². The third kappa shape index (κ3) is 5.94. The molecule has 0 bridgehead atoms. The summed E-state index contributed by atoms with van der Waals surface area (Å²) in [7, 11) is -3.41. The molecule has 6 nitrogen and oxygen atoms in total. The van der Waals surface area contributed by atoms with Gasteiger partial charge in [0.1, 0.15) is 4.21 Å². The van der Waals surface area contributed by atoms with E-state index in [1.165, 1.54) is 16.2 Å². The van der Waals surface area contributed by atoms with Gasteiger partial charge in [0.25, 0.3) is 0 Å². The monoisotopic (exact) mass is 372 g/mol. The van der Waals surface area contributed by atoms with Gasteiger partial charge in [0, 0.05) is 24.5 Å².